The summed E-state index contributed by atoms with van der Waals surface area (Å²) in [5.74, 6) is 0. The molecule has 0 N–H and O–H groups in total. The summed E-state index contributed by atoms with van der Waals surface area (Å²) in [6, 6.07) is 30.5. The van der Waals surface area contributed by atoms with E-state index in [1.54, 1.807) is 0 Å². The lowest BCUT2D eigenvalue weighted by molar-refractivity contribution is 1.29. The second-order valence-electron chi connectivity index (χ2n) is 5.37. The summed E-state index contributed by atoms with van der Waals surface area (Å²) in [7, 11) is 0. The van der Waals surface area contributed by atoms with E-state index in [1.807, 2.05) is 67.7 Å². The van der Waals surface area contributed by atoms with Gasteiger partial charge in [-0.15, -0.1) is 0 Å². The molecule has 1 nitrogen and oxygen atoms in total. The molecule has 0 fully saturated rings. The van der Waals surface area contributed by atoms with Crippen LogP contribution in [0.2, 0.25) is 0 Å². The van der Waals surface area contributed by atoms with Gasteiger partial charge in [-0.05, 0) is 36.8 Å². The van der Waals surface area contributed by atoms with Gasteiger partial charge in [0.15, 0.2) is 0 Å². The molecule has 3 aromatic rings. The zero-order chi connectivity index (χ0) is 17.2. The van der Waals surface area contributed by atoms with Crippen LogP contribution < -0.4 is 4.90 Å². The average Bonchev–Trinajstić information content (AvgIpc) is 2.65. The molecule has 0 aromatic heterocycles. The molecule has 3 aromatic carbocycles. The number of hydrogen-bond donors (Lipinski definition) is 0. The van der Waals surface area contributed by atoms with Crippen LogP contribution in [0.1, 0.15) is 12.5 Å². The summed E-state index contributed by atoms with van der Waals surface area (Å²) >= 11 is 0. The number of anilines is 2. The highest BCUT2D eigenvalue weighted by Gasteiger charge is 2.02. The Morgan fingerprint density at radius 2 is 1.08 bits per heavy atom. The normalized spacial score (nSPS) is 9.38. The monoisotopic (exact) mass is 313 g/mol. The highest BCUT2D eigenvalue weighted by Crippen LogP contribution is 2.24. The van der Waals surface area contributed by atoms with E-state index in [2.05, 4.69) is 54.5 Å². The Morgan fingerprint density at radius 3 is 1.38 bits per heavy atom. The van der Waals surface area contributed by atoms with Gasteiger partial charge >= 0.3 is 0 Å². The molecule has 0 radical (unpaired) electrons. The Kier molecular flexibility index (Phi) is 6.60. The molecular formula is C23H23N. The summed E-state index contributed by atoms with van der Waals surface area (Å²) in [5, 5.41) is 0. The van der Waals surface area contributed by atoms with Gasteiger partial charge in [0, 0.05) is 17.6 Å². The molecule has 0 aliphatic carbocycles. The van der Waals surface area contributed by atoms with Crippen molar-refractivity contribution < 1.29 is 0 Å². The van der Waals surface area contributed by atoms with Gasteiger partial charge in [-0.25, -0.2) is 0 Å². The maximum Gasteiger partial charge on any atom is 0.0455 e. The quantitative estimate of drug-likeness (QED) is 0.518. The highest BCUT2D eigenvalue weighted by atomic mass is 15.1. The zero-order valence-electron chi connectivity index (χ0n) is 14.1. The summed E-state index contributed by atoms with van der Waals surface area (Å²) in [6.07, 6.45) is 1.82. The molecular weight excluding hydrogens is 290 g/mol. The van der Waals surface area contributed by atoms with Crippen molar-refractivity contribution in [3.63, 3.8) is 0 Å². The van der Waals surface area contributed by atoms with Crippen molar-refractivity contribution in [3.8, 4) is 0 Å². The lowest BCUT2D eigenvalue weighted by Gasteiger charge is -2.19. The fourth-order valence-electron chi connectivity index (χ4n) is 2.26. The summed E-state index contributed by atoms with van der Waals surface area (Å²) in [5.41, 5.74) is 4.59. The van der Waals surface area contributed by atoms with E-state index < -0.39 is 0 Å². The molecule has 0 saturated carbocycles. The second-order valence-corrected chi connectivity index (χ2v) is 5.37. The molecule has 0 atom stereocenters. The number of benzene rings is 3. The standard InChI is InChI=1S/C14H13N.C9H10/c1-2-15(13-9-5-3-6-10-13)14-11-7-4-8-12-14;1-8(2)9-6-4-3-5-7-9/h2-12H,1H2;3-7H,1H2,2H3. The molecule has 0 aliphatic heterocycles. The van der Waals surface area contributed by atoms with Crippen LogP contribution >= 0.6 is 0 Å². The molecule has 3 rings (SSSR count). The first-order valence-electron chi connectivity index (χ1n) is 7.95. The van der Waals surface area contributed by atoms with Crippen LogP contribution in [0.25, 0.3) is 5.57 Å². The minimum atomic E-state index is 1.12. The van der Waals surface area contributed by atoms with Crippen molar-refractivity contribution in [1.29, 1.82) is 0 Å². The van der Waals surface area contributed by atoms with Crippen molar-refractivity contribution in [2.24, 2.45) is 0 Å². The van der Waals surface area contributed by atoms with Crippen LogP contribution in [0.5, 0.6) is 0 Å². The van der Waals surface area contributed by atoms with Crippen LogP contribution in [0.15, 0.2) is 110 Å². The van der Waals surface area contributed by atoms with E-state index in [0.29, 0.717) is 0 Å². The van der Waals surface area contributed by atoms with E-state index in [1.165, 1.54) is 5.56 Å². The van der Waals surface area contributed by atoms with Gasteiger partial charge in [-0.1, -0.05) is 85.5 Å². The van der Waals surface area contributed by atoms with E-state index in [9.17, 15) is 0 Å². The predicted octanol–water partition coefficient (Wildman–Crippen LogP) is 6.69. The molecule has 0 unspecified atom stereocenters. The Balaban J connectivity index is 0.000000198. The fourth-order valence-corrected chi connectivity index (χ4v) is 2.26. The molecule has 1 heteroatoms. The average molecular weight is 313 g/mol. The molecule has 0 amide bonds. The number of rotatable bonds is 4. The smallest absolute Gasteiger partial charge is 0.0455 e. The van der Waals surface area contributed by atoms with E-state index in [-0.39, 0.29) is 0 Å². The van der Waals surface area contributed by atoms with Crippen molar-refractivity contribution in [2.75, 3.05) is 4.90 Å². The lowest BCUT2D eigenvalue weighted by Crippen LogP contribution is -2.06. The van der Waals surface area contributed by atoms with Gasteiger partial charge in [0.25, 0.3) is 0 Å². The van der Waals surface area contributed by atoms with Crippen LogP contribution in [0, 0.1) is 0 Å². The maximum absolute atomic E-state index is 3.84. The maximum atomic E-state index is 3.84. The Morgan fingerprint density at radius 1 is 0.708 bits per heavy atom. The first-order valence-corrected chi connectivity index (χ1v) is 7.95. The Hall–Kier alpha value is -3.06. The number of para-hydroxylation sites is 2. The van der Waals surface area contributed by atoms with Crippen molar-refractivity contribution in [1.82, 2.24) is 0 Å². The molecule has 0 bridgehead atoms. The third-order valence-corrected chi connectivity index (χ3v) is 3.52. The summed E-state index contributed by atoms with van der Waals surface area (Å²) in [6.45, 7) is 9.67. The summed E-state index contributed by atoms with van der Waals surface area (Å²) in [4.78, 5) is 2.06. The molecule has 0 aliphatic rings. The van der Waals surface area contributed by atoms with Gasteiger partial charge in [-0.3, -0.25) is 0 Å². The van der Waals surface area contributed by atoms with Gasteiger partial charge < -0.3 is 4.90 Å². The first-order chi connectivity index (χ1) is 11.7. The van der Waals surface area contributed by atoms with Crippen LogP contribution in [0.4, 0.5) is 11.4 Å². The predicted molar refractivity (Wildman–Crippen MR) is 106 cm³/mol. The largest absolute Gasteiger partial charge is 0.318 e. The second kappa shape index (κ2) is 9.16. The third-order valence-electron chi connectivity index (χ3n) is 3.52. The van der Waals surface area contributed by atoms with E-state index in [4.69, 9.17) is 0 Å². The molecule has 0 saturated heterocycles. The lowest BCUT2D eigenvalue weighted by atomic mass is 10.1. The fraction of sp³-hybridized carbons (Fsp3) is 0.0435. The molecule has 24 heavy (non-hydrogen) atoms. The molecule has 0 heterocycles. The Labute approximate surface area is 145 Å². The number of allylic oxidation sites excluding steroid dienone is 1. The third kappa shape index (κ3) is 4.99. The highest BCUT2D eigenvalue weighted by molar-refractivity contribution is 5.65. The van der Waals surface area contributed by atoms with Crippen LogP contribution in [-0.4, -0.2) is 0 Å². The van der Waals surface area contributed by atoms with E-state index >= 15 is 0 Å². The topological polar surface area (TPSA) is 3.24 Å². The molecule has 0 spiro atoms. The zero-order valence-corrected chi connectivity index (χ0v) is 14.1. The molecule has 120 valence electrons. The van der Waals surface area contributed by atoms with E-state index in [0.717, 1.165) is 16.9 Å². The van der Waals surface area contributed by atoms with Crippen molar-refractivity contribution in [3.05, 3.63) is 116 Å². The van der Waals surface area contributed by atoms with Crippen LogP contribution in [-0.2, 0) is 0 Å². The number of nitrogens with zero attached hydrogens (tertiary/aromatic N) is 1. The van der Waals surface area contributed by atoms with Gasteiger partial charge in [-0.2, -0.15) is 0 Å². The minimum Gasteiger partial charge on any atom is -0.318 e. The van der Waals surface area contributed by atoms with Crippen molar-refractivity contribution in [2.45, 2.75) is 6.92 Å². The van der Waals surface area contributed by atoms with Gasteiger partial charge in [0.05, 0.1) is 0 Å². The Bertz CT molecular complexity index is 706. The first kappa shape index (κ1) is 17.3. The number of hydrogen-bond acceptors (Lipinski definition) is 1. The van der Waals surface area contributed by atoms with Gasteiger partial charge in [0.2, 0.25) is 0 Å². The summed E-state index contributed by atoms with van der Waals surface area (Å²) < 4.78 is 0. The van der Waals surface area contributed by atoms with Crippen molar-refractivity contribution >= 4 is 16.9 Å². The minimum absolute atomic E-state index is 1.12. The van der Waals surface area contributed by atoms with Gasteiger partial charge in [0.1, 0.15) is 0 Å². The SMILES string of the molecule is C=C(C)c1ccccc1.C=CN(c1ccccc1)c1ccccc1. The van der Waals surface area contributed by atoms with Crippen LogP contribution in [0.3, 0.4) is 0 Å².